The molecule has 0 atom stereocenters. The maximum atomic E-state index is 12.2. The second-order valence-electron chi connectivity index (χ2n) is 6.13. The van der Waals surface area contributed by atoms with Crippen molar-refractivity contribution in [3.8, 4) is 0 Å². The highest BCUT2D eigenvalue weighted by Crippen LogP contribution is 2.16. The number of aromatic nitrogens is 2. The fourth-order valence-electron chi connectivity index (χ4n) is 3.19. The van der Waals surface area contributed by atoms with Gasteiger partial charge in [-0.2, -0.15) is 0 Å². The molecule has 0 bridgehead atoms. The van der Waals surface area contributed by atoms with Gasteiger partial charge in [-0.3, -0.25) is 9.69 Å². The summed E-state index contributed by atoms with van der Waals surface area (Å²) >= 11 is 0. The molecule has 2 aromatic carbocycles. The molecule has 0 unspecified atom stereocenters. The van der Waals surface area contributed by atoms with Crippen molar-refractivity contribution < 1.29 is 0 Å². The third-order valence-electron chi connectivity index (χ3n) is 4.54. The lowest BCUT2D eigenvalue weighted by Gasteiger charge is -2.35. The van der Waals surface area contributed by atoms with E-state index in [1.54, 1.807) is 0 Å². The summed E-state index contributed by atoms with van der Waals surface area (Å²) in [6.07, 6.45) is 0. The first-order chi connectivity index (χ1) is 11.8. The van der Waals surface area contributed by atoms with Crippen LogP contribution < -0.4 is 10.5 Å². The van der Waals surface area contributed by atoms with Crippen LogP contribution in [0.4, 0.5) is 5.69 Å². The predicted octanol–water partition coefficient (Wildman–Crippen LogP) is 2.25. The largest absolute Gasteiger partial charge is 0.369 e. The van der Waals surface area contributed by atoms with Crippen LogP contribution in [0.15, 0.2) is 59.4 Å². The fourth-order valence-corrected chi connectivity index (χ4v) is 3.19. The quantitative estimate of drug-likeness (QED) is 0.804. The summed E-state index contributed by atoms with van der Waals surface area (Å²) in [4.78, 5) is 24.4. The number of nitrogens with zero attached hydrogens (tertiary/aromatic N) is 3. The molecule has 1 aromatic heterocycles. The monoisotopic (exact) mass is 320 g/mol. The highest BCUT2D eigenvalue weighted by atomic mass is 16.1. The standard InChI is InChI=1S/C19H20N4O/c24-19-18(20-16-8-4-5-9-17(16)21-19)14-22-10-12-23(13-11-22)15-6-2-1-3-7-15/h1-9H,10-14H2,(H,21,24). The minimum atomic E-state index is -0.0841. The Morgan fingerprint density at radius 1 is 0.917 bits per heavy atom. The third-order valence-corrected chi connectivity index (χ3v) is 4.54. The predicted molar refractivity (Wildman–Crippen MR) is 96.3 cm³/mol. The smallest absolute Gasteiger partial charge is 0.271 e. The zero-order valence-electron chi connectivity index (χ0n) is 13.5. The fraction of sp³-hybridized carbons (Fsp3) is 0.263. The molecular formula is C19H20N4O. The summed E-state index contributed by atoms with van der Waals surface area (Å²) in [5, 5.41) is 0. The van der Waals surface area contributed by atoms with Crippen molar-refractivity contribution in [1.29, 1.82) is 0 Å². The molecule has 1 aliphatic heterocycles. The SMILES string of the molecule is O=c1[nH]c2ccccc2nc1CN1CCN(c2ccccc2)CC1. The second kappa shape index (κ2) is 6.45. The van der Waals surface area contributed by atoms with Gasteiger partial charge < -0.3 is 9.88 Å². The number of H-pyrrole nitrogens is 1. The molecular weight excluding hydrogens is 300 g/mol. The molecule has 2 heterocycles. The number of rotatable bonds is 3. The minimum absolute atomic E-state index is 0.0841. The van der Waals surface area contributed by atoms with Gasteiger partial charge in [-0.15, -0.1) is 0 Å². The van der Waals surface area contributed by atoms with Crippen molar-refractivity contribution in [2.24, 2.45) is 0 Å². The second-order valence-corrected chi connectivity index (χ2v) is 6.13. The topological polar surface area (TPSA) is 52.2 Å². The number of nitrogens with one attached hydrogen (secondary N) is 1. The first-order valence-corrected chi connectivity index (χ1v) is 8.30. The number of fused-ring (bicyclic) bond motifs is 1. The van der Waals surface area contributed by atoms with Crippen LogP contribution in [0.1, 0.15) is 5.69 Å². The molecule has 0 saturated carbocycles. The molecule has 3 aromatic rings. The van der Waals surface area contributed by atoms with E-state index in [0.717, 1.165) is 37.2 Å². The van der Waals surface area contributed by atoms with E-state index in [9.17, 15) is 4.79 Å². The Morgan fingerprint density at radius 3 is 2.42 bits per heavy atom. The summed E-state index contributed by atoms with van der Waals surface area (Å²) in [5.41, 5.74) is 3.41. The Hall–Kier alpha value is -2.66. The molecule has 5 heteroatoms. The van der Waals surface area contributed by atoms with Gasteiger partial charge in [0.05, 0.1) is 11.0 Å². The number of hydrogen-bond donors (Lipinski definition) is 1. The van der Waals surface area contributed by atoms with Gasteiger partial charge in [0, 0.05) is 38.4 Å². The van der Waals surface area contributed by atoms with Crippen molar-refractivity contribution >= 4 is 16.7 Å². The van der Waals surface area contributed by atoms with Gasteiger partial charge in [0.25, 0.3) is 5.56 Å². The molecule has 0 radical (unpaired) electrons. The molecule has 1 fully saturated rings. The molecule has 0 spiro atoms. The zero-order valence-corrected chi connectivity index (χ0v) is 13.5. The van der Waals surface area contributed by atoms with Crippen LogP contribution in [0.3, 0.4) is 0 Å². The van der Waals surface area contributed by atoms with E-state index >= 15 is 0 Å². The lowest BCUT2D eigenvalue weighted by Crippen LogP contribution is -2.46. The van der Waals surface area contributed by atoms with Crippen molar-refractivity contribution in [1.82, 2.24) is 14.9 Å². The lowest BCUT2D eigenvalue weighted by atomic mass is 10.2. The molecule has 1 N–H and O–H groups in total. The highest BCUT2D eigenvalue weighted by Gasteiger charge is 2.18. The van der Waals surface area contributed by atoms with Gasteiger partial charge in [-0.05, 0) is 24.3 Å². The average Bonchev–Trinajstić information content (AvgIpc) is 2.64. The normalized spacial score (nSPS) is 15.8. The minimum Gasteiger partial charge on any atom is -0.369 e. The van der Waals surface area contributed by atoms with Gasteiger partial charge in [-0.25, -0.2) is 4.98 Å². The molecule has 4 rings (SSSR count). The van der Waals surface area contributed by atoms with E-state index < -0.39 is 0 Å². The van der Waals surface area contributed by atoms with Gasteiger partial charge >= 0.3 is 0 Å². The van der Waals surface area contributed by atoms with Crippen LogP contribution in [-0.4, -0.2) is 41.0 Å². The first-order valence-electron chi connectivity index (χ1n) is 8.30. The van der Waals surface area contributed by atoms with E-state index in [2.05, 4.69) is 44.0 Å². The van der Waals surface area contributed by atoms with E-state index in [-0.39, 0.29) is 5.56 Å². The van der Waals surface area contributed by atoms with Crippen molar-refractivity contribution in [3.63, 3.8) is 0 Å². The molecule has 1 aliphatic rings. The highest BCUT2D eigenvalue weighted by molar-refractivity contribution is 5.73. The van der Waals surface area contributed by atoms with Crippen LogP contribution >= 0.6 is 0 Å². The van der Waals surface area contributed by atoms with Crippen LogP contribution in [0.2, 0.25) is 0 Å². The maximum Gasteiger partial charge on any atom is 0.271 e. The Balaban J connectivity index is 1.46. The van der Waals surface area contributed by atoms with Crippen LogP contribution in [-0.2, 0) is 6.54 Å². The van der Waals surface area contributed by atoms with Gasteiger partial charge in [-0.1, -0.05) is 30.3 Å². The summed E-state index contributed by atoms with van der Waals surface area (Å²) in [7, 11) is 0. The Labute approximate surface area is 140 Å². The average molecular weight is 320 g/mol. The zero-order chi connectivity index (χ0) is 16.4. The molecule has 1 saturated heterocycles. The number of benzene rings is 2. The van der Waals surface area contributed by atoms with Gasteiger partial charge in [0.15, 0.2) is 0 Å². The maximum absolute atomic E-state index is 12.2. The van der Waals surface area contributed by atoms with Crippen LogP contribution in [0.5, 0.6) is 0 Å². The first kappa shape index (κ1) is 14.9. The van der Waals surface area contributed by atoms with Crippen molar-refractivity contribution in [2.75, 3.05) is 31.1 Å². The number of aromatic amines is 1. The summed E-state index contributed by atoms with van der Waals surface area (Å²) in [6.45, 7) is 4.40. The van der Waals surface area contributed by atoms with E-state index in [1.807, 2.05) is 30.3 Å². The molecule has 24 heavy (non-hydrogen) atoms. The van der Waals surface area contributed by atoms with Crippen LogP contribution in [0, 0.1) is 0 Å². The number of anilines is 1. The molecule has 0 amide bonds. The molecule has 0 aliphatic carbocycles. The lowest BCUT2D eigenvalue weighted by molar-refractivity contribution is 0.246. The van der Waals surface area contributed by atoms with Crippen molar-refractivity contribution in [2.45, 2.75) is 6.54 Å². The summed E-state index contributed by atoms with van der Waals surface area (Å²) in [5.74, 6) is 0. The Bertz CT molecular complexity index is 883. The number of para-hydroxylation sites is 3. The summed E-state index contributed by atoms with van der Waals surface area (Å²) < 4.78 is 0. The number of hydrogen-bond acceptors (Lipinski definition) is 4. The van der Waals surface area contributed by atoms with E-state index in [4.69, 9.17) is 0 Å². The van der Waals surface area contributed by atoms with Crippen molar-refractivity contribution in [3.05, 3.63) is 70.6 Å². The van der Waals surface area contributed by atoms with E-state index in [1.165, 1.54) is 5.69 Å². The van der Waals surface area contributed by atoms with Gasteiger partial charge in [0.2, 0.25) is 0 Å². The Morgan fingerprint density at radius 2 is 1.62 bits per heavy atom. The molecule has 122 valence electrons. The Kier molecular flexibility index (Phi) is 4.01. The summed E-state index contributed by atoms with van der Waals surface area (Å²) in [6, 6.07) is 18.1. The third kappa shape index (κ3) is 3.03. The molecule has 5 nitrogen and oxygen atoms in total. The number of piperazine rings is 1. The van der Waals surface area contributed by atoms with Gasteiger partial charge in [0.1, 0.15) is 5.69 Å². The van der Waals surface area contributed by atoms with Crippen LogP contribution in [0.25, 0.3) is 11.0 Å². The van der Waals surface area contributed by atoms with E-state index in [0.29, 0.717) is 12.2 Å².